The van der Waals surface area contributed by atoms with Gasteiger partial charge in [-0.25, -0.2) is 9.50 Å². The van der Waals surface area contributed by atoms with Gasteiger partial charge in [-0.1, -0.05) is 44.5 Å². The highest BCUT2D eigenvalue weighted by molar-refractivity contribution is 6.29. The first kappa shape index (κ1) is 15.5. The number of nitrogens with zero attached hydrogens (tertiary/aromatic N) is 3. The maximum Gasteiger partial charge on any atom is 0.256 e. The van der Waals surface area contributed by atoms with Crippen LogP contribution in [-0.2, 0) is 5.41 Å². The predicted molar refractivity (Wildman–Crippen MR) is 91.1 cm³/mol. The molecular weight excluding hydrogens is 312 g/mol. The molecule has 3 aromatic rings. The van der Waals surface area contributed by atoms with E-state index in [1.165, 1.54) is 10.1 Å². The maximum atomic E-state index is 12.3. The molecule has 6 heteroatoms. The van der Waals surface area contributed by atoms with Crippen molar-refractivity contribution in [3.63, 3.8) is 0 Å². The first-order valence-electron chi connectivity index (χ1n) is 7.27. The van der Waals surface area contributed by atoms with E-state index < -0.39 is 0 Å². The molecule has 0 fully saturated rings. The Morgan fingerprint density at radius 2 is 1.83 bits per heavy atom. The van der Waals surface area contributed by atoms with Gasteiger partial charge in [0.15, 0.2) is 11.5 Å². The number of nitrogens with one attached hydrogen (secondary N) is 1. The minimum absolute atomic E-state index is 0.0571. The largest absolute Gasteiger partial charge is 0.305 e. The normalized spacial score (nSPS) is 11.7. The Balaban J connectivity index is 1.80. The summed E-state index contributed by atoms with van der Waals surface area (Å²) in [4.78, 5) is 16.6. The number of aromatic nitrogens is 3. The lowest BCUT2D eigenvalue weighted by molar-refractivity contribution is 0.102. The second kappa shape index (κ2) is 5.66. The highest BCUT2D eigenvalue weighted by Gasteiger charge is 2.15. The van der Waals surface area contributed by atoms with Gasteiger partial charge in [0.25, 0.3) is 5.91 Å². The van der Waals surface area contributed by atoms with Crippen LogP contribution < -0.4 is 5.32 Å². The highest BCUT2D eigenvalue weighted by Crippen LogP contribution is 2.22. The van der Waals surface area contributed by atoms with E-state index in [1.54, 1.807) is 18.3 Å². The van der Waals surface area contributed by atoms with Gasteiger partial charge in [0.05, 0.1) is 6.20 Å². The molecule has 1 amide bonds. The lowest BCUT2D eigenvalue weighted by Crippen LogP contribution is -2.14. The van der Waals surface area contributed by atoms with Gasteiger partial charge in [-0.3, -0.25) is 4.79 Å². The molecule has 0 saturated heterocycles. The van der Waals surface area contributed by atoms with Crippen molar-refractivity contribution in [3.8, 4) is 0 Å². The van der Waals surface area contributed by atoms with Crippen molar-refractivity contribution in [1.29, 1.82) is 0 Å². The molecule has 0 unspecified atom stereocenters. The fourth-order valence-electron chi connectivity index (χ4n) is 2.23. The Morgan fingerprint density at radius 3 is 2.48 bits per heavy atom. The molecule has 23 heavy (non-hydrogen) atoms. The summed E-state index contributed by atoms with van der Waals surface area (Å²) in [6.45, 7) is 6.41. The van der Waals surface area contributed by atoms with Gasteiger partial charge in [0.1, 0.15) is 5.15 Å². The summed E-state index contributed by atoms with van der Waals surface area (Å²) in [5.74, 6) is 0.227. The van der Waals surface area contributed by atoms with Gasteiger partial charge in [0.2, 0.25) is 0 Å². The summed E-state index contributed by atoms with van der Waals surface area (Å²) < 4.78 is 1.53. The molecule has 0 saturated carbocycles. The smallest absolute Gasteiger partial charge is 0.256 e. The first-order chi connectivity index (χ1) is 10.8. The third-order valence-corrected chi connectivity index (χ3v) is 3.74. The standard InChI is InChI=1S/C17H17ClN4O/c1-17(2,3)12-6-4-11(5-7-12)16(23)20-14-10-22-15(19-14)9-8-13(18)21-22/h4-10H,1-3H3,(H,20,23). The average Bonchev–Trinajstić information content (AvgIpc) is 2.87. The van der Waals surface area contributed by atoms with Gasteiger partial charge < -0.3 is 5.32 Å². The lowest BCUT2D eigenvalue weighted by Gasteiger charge is -2.18. The molecule has 118 valence electrons. The summed E-state index contributed by atoms with van der Waals surface area (Å²) in [5.41, 5.74) is 2.44. The summed E-state index contributed by atoms with van der Waals surface area (Å²) in [6, 6.07) is 11.0. The zero-order chi connectivity index (χ0) is 16.6. The lowest BCUT2D eigenvalue weighted by atomic mass is 9.87. The first-order valence-corrected chi connectivity index (χ1v) is 7.64. The third-order valence-electron chi connectivity index (χ3n) is 3.54. The number of hydrogen-bond acceptors (Lipinski definition) is 3. The topological polar surface area (TPSA) is 59.3 Å². The molecule has 0 aliphatic carbocycles. The van der Waals surface area contributed by atoms with E-state index in [0.29, 0.717) is 22.2 Å². The van der Waals surface area contributed by atoms with Crippen LogP contribution in [0.3, 0.4) is 0 Å². The molecule has 0 atom stereocenters. The number of halogens is 1. The number of rotatable bonds is 2. The quantitative estimate of drug-likeness (QED) is 0.775. The fraction of sp³-hybridized carbons (Fsp3) is 0.235. The third kappa shape index (κ3) is 3.35. The van der Waals surface area contributed by atoms with Crippen molar-refractivity contribution in [2.45, 2.75) is 26.2 Å². The van der Waals surface area contributed by atoms with E-state index >= 15 is 0 Å². The Labute approximate surface area is 139 Å². The van der Waals surface area contributed by atoms with Gasteiger partial charge in [0, 0.05) is 5.56 Å². The van der Waals surface area contributed by atoms with Crippen LogP contribution in [0.25, 0.3) is 5.65 Å². The van der Waals surface area contributed by atoms with Gasteiger partial charge in [-0.15, -0.1) is 0 Å². The van der Waals surface area contributed by atoms with Crippen LogP contribution in [0.5, 0.6) is 0 Å². The van der Waals surface area contributed by atoms with Crippen LogP contribution in [0.2, 0.25) is 5.15 Å². The van der Waals surface area contributed by atoms with E-state index in [4.69, 9.17) is 11.6 Å². The summed E-state index contributed by atoms with van der Waals surface area (Å²) in [5, 5.41) is 7.22. The number of anilines is 1. The number of carbonyl (C=O) groups is 1. The van der Waals surface area contributed by atoms with Crippen LogP contribution in [0.15, 0.2) is 42.6 Å². The predicted octanol–water partition coefficient (Wildman–Crippen LogP) is 3.93. The molecule has 0 spiro atoms. The van der Waals surface area contributed by atoms with E-state index in [-0.39, 0.29) is 11.3 Å². The summed E-state index contributed by atoms with van der Waals surface area (Å²) in [7, 11) is 0. The minimum Gasteiger partial charge on any atom is -0.305 e. The minimum atomic E-state index is -0.208. The van der Waals surface area contributed by atoms with E-state index in [1.807, 2.05) is 24.3 Å². The van der Waals surface area contributed by atoms with E-state index in [9.17, 15) is 4.79 Å². The number of carbonyl (C=O) groups excluding carboxylic acids is 1. The van der Waals surface area contributed by atoms with E-state index in [2.05, 4.69) is 36.2 Å². The number of imidazole rings is 1. The fourth-order valence-corrected chi connectivity index (χ4v) is 2.37. The average molecular weight is 329 g/mol. The zero-order valence-corrected chi connectivity index (χ0v) is 13.9. The Morgan fingerprint density at radius 1 is 1.13 bits per heavy atom. The van der Waals surface area contributed by atoms with Gasteiger partial charge >= 0.3 is 0 Å². The van der Waals surface area contributed by atoms with Gasteiger partial charge in [-0.05, 0) is 35.2 Å². The summed E-state index contributed by atoms with van der Waals surface area (Å²) >= 11 is 5.83. The zero-order valence-electron chi connectivity index (χ0n) is 13.2. The van der Waals surface area contributed by atoms with Crippen LogP contribution in [-0.4, -0.2) is 20.5 Å². The number of hydrogen-bond donors (Lipinski definition) is 1. The van der Waals surface area contributed by atoms with Crippen molar-refractivity contribution in [1.82, 2.24) is 14.6 Å². The summed E-state index contributed by atoms with van der Waals surface area (Å²) in [6.07, 6.45) is 1.63. The molecule has 5 nitrogen and oxygen atoms in total. The molecule has 1 N–H and O–H groups in total. The van der Waals surface area contributed by atoms with Crippen LogP contribution in [0.4, 0.5) is 5.82 Å². The van der Waals surface area contributed by atoms with Crippen molar-refractivity contribution in [2.24, 2.45) is 0 Å². The molecule has 2 heterocycles. The van der Waals surface area contributed by atoms with Crippen LogP contribution in [0, 0.1) is 0 Å². The monoisotopic (exact) mass is 328 g/mol. The van der Waals surface area contributed by atoms with Crippen molar-refractivity contribution < 1.29 is 4.79 Å². The molecular formula is C17H17ClN4O. The van der Waals surface area contributed by atoms with Crippen molar-refractivity contribution in [2.75, 3.05) is 5.32 Å². The van der Waals surface area contributed by atoms with E-state index in [0.717, 1.165) is 0 Å². The number of fused-ring (bicyclic) bond motifs is 1. The highest BCUT2D eigenvalue weighted by atomic mass is 35.5. The molecule has 0 aliphatic rings. The number of amides is 1. The van der Waals surface area contributed by atoms with Crippen LogP contribution >= 0.6 is 11.6 Å². The van der Waals surface area contributed by atoms with Crippen LogP contribution in [0.1, 0.15) is 36.7 Å². The second-order valence-corrected chi connectivity index (χ2v) is 6.75. The molecule has 3 rings (SSSR count). The SMILES string of the molecule is CC(C)(C)c1ccc(C(=O)Nc2cn3nc(Cl)ccc3n2)cc1. The van der Waals surface area contributed by atoms with Gasteiger partial charge in [-0.2, -0.15) is 5.10 Å². The molecule has 1 aromatic carbocycles. The Kier molecular flexibility index (Phi) is 3.82. The number of benzene rings is 1. The van der Waals surface area contributed by atoms with Crippen molar-refractivity contribution >= 4 is 29.0 Å². The molecule has 0 radical (unpaired) electrons. The Bertz CT molecular complexity index is 862. The molecule has 2 aromatic heterocycles. The molecule has 0 bridgehead atoms. The Hall–Kier alpha value is -2.40. The maximum absolute atomic E-state index is 12.3. The van der Waals surface area contributed by atoms with Crippen molar-refractivity contribution in [3.05, 3.63) is 58.9 Å². The second-order valence-electron chi connectivity index (χ2n) is 6.37. The molecule has 0 aliphatic heterocycles.